The van der Waals surface area contributed by atoms with Crippen LogP contribution in [0.5, 0.6) is 0 Å². The van der Waals surface area contributed by atoms with Crippen LogP contribution in [0.1, 0.15) is 136 Å². The number of piperidine rings is 1. The Morgan fingerprint density at radius 1 is 0.800 bits per heavy atom. The van der Waals surface area contributed by atoms with E-state index >= 15 is 0 Å². The van der Waals surface area contributed by atoms with E-state index in [1.165, 1.54) is 11.1 Å². The highest BCUT2D eigenvalue weighted by molar-refractivity contribution is 6.04. The van der Waals surface area contributed by atoms with Crippen molar-refractivity contribution in [1.29, 1.82) is 0 Å². The van der Waals surface area contributed by atoms with Crippen LogP contribution < -0.4 is 5.32 Å². The zero-order chi connectivity index (χ0) is 38.2. The predicted molar refractivity (Wildman–Crippen MR) is 213 cm³/mol. The van der Waals surface area contributed by atoms with E-state index in [4.69, 9.17) is 0 Å². The van der Waals surface area contributed by atoms with Gasteiger partial charge in [-0.15, -0.1) is 0 Å². The molecule has 9 heteroatoms. The highest BCUT2D eigenvalue weighted by Gasteiger charge is 2.33. The number of ketones is 1. The SMILES string of the molecule is Cc1c(CC(=O)c2cc(C3CC3)c(CN3CCCC[C@H]3C(=O)O)cn2)cccc1-c1cccc(NC(=O)c2cc(C3CC3)c(CCC3CC(O)C3)cn2)c1C. The van der Waals surface area contributed by atoms with Gasteiger partial charge in [0.25, 0.3) is 5.91 Å². The fourth-order valence-corrected chi connectivity index (χ4v) is 8.82. The van der Waals surface area contributed by atoms with E-state index in [0.717, 1.165) is 115 Å². The number of carbonyl (C=O) groups excluding carboxylic acids is 2. The minimum atomic E-state index is -0.768. The molecule has 1 aliphatic heterocycles. The number of likely N-dealkylation sites (tertiary alicyclic amines) is 1. The lowest BCUT2D eigenvalue weighted by Gasteiger charge is -2.33. The van der Waals surface area contributed by atoms with Crippen LogP contribution in [0.2, 0.25) is 0 Å². The number of amides is 1. The van der Waals surface area contributed by atoms with E-state index in [2.05, 4.69) is 32.3 Å². The maximum absolute atomic E-state index is 13.8. The lowest BCUT2D eigenvalue weighted by Crippen LogP contribution is -2.44. The van der Waals surface area contributed by atoms with Gasteiger partial charge in [0.2, 0.25) is 0 Å². The molecule has 1 atom stereocenters. The van der Waals surface area contributed by atoms with Crippen LogP contribution in [0.25, 0.3) is 11.1 Å². The zero-order valence-corrected chi connectivity index (χ0v) is 32.0. The molecule has 3 heterocycles. The summed E-state index contributed by atoms with van der Waals surface area (Å²) in [7, 11) is 0. The molecule has 1 saturated heterocycles. The minimum Gasteiger partial charge on any atom is -0.480 e. The van der Waals surface area contributed by atoms with Gasteiger partial charge in [0, 0.05) is 31.0 Å². The number of carboxylic acids is 1. The van der Waals surface area contributed by atoms with Crippen molar-refractivity contribution in [2.75, 3.05) is 11.9 Å². The van der Waals surface area contributed by atoms with Crippen LogP contribution in [-0.4, -0.2) is 61.4 Å². The highest BCUT2D eigenvalue weighted by atomic mass is 16.4. The Hall–Kier alpha value is -4.73. The Morgan fingerprint density at radius 2 is 1.45 bits per heavy atom. The minimum absolute atomic E-state index is 0.0428. The number of aliphatic hydroxyl groups excluding tert-OH is 1. The van der Waals surface area contributed by atoms with E-state index in [-0.39, 0.29) is 24.2 Å². The van der Waals surface area contributed by atoms with Crippen molar-refractivity contribution in [2.45, 2.75) is 121 Å². The summed E-state index contributed by atoms with van der Waals surface area (Å²) in [5, 5.41) is 22.6. The van der Waals surface area contributed by atoms with Gasteiger partial charge in [-0.25, -0.2) is 0 Å². The number of carbonyl (C=O) groups is 3. The van der Waals surface area contributed by atoms with Crippen molar-refractivity contribution >= 4 is 23.3 Å². The van der Waals surface area contributed by atoms with Crippen molar-refractivity contribution in [3.05, 3.63) is 111 Å². The molecular weight excluding hydrogens is 689 g/mol. The molecule has 4 aromatic rings. The molecule has 1 amide bonds. The Morgan fingerprint density at radius 3 is 2.16 bits per heavy atom. The van der Waals surface area contributed by atoms with Crippen molar-refractivity contribution in [3.8, 4) is 11.1 Å². The van der Waals surface area contributed by atoms with Gasteiger partial charge in [-0.05, 0) is 171 Å². The number of aliphatic hydroxyl groups is 1. The number of aliphatic carboxylic acids is 1. The first kappa shape index (κ1) is 37.2. The van der Waals surface area contributed by atoms with Gasteiger partial charge in [0.15, 0.2) is 5.78 Å². The quantitative estimate of drug-likeness (QED) is 0.110. The number of pyridine rings is 2. The van der Waals surface area contributed by atoms with Gasteiger partial charge in [-0.3, -0.25) is 29.3 Å². The summed E-state index contributed by atoms with van der Waals surface area (Å²) in [6.07, 6.45) is 14.5. The largest absolute Gasteiger partial charge is 0.480 e. The Labute approximate surface area is 323 Å². The van der Waals surface area contributed by atoms with E-state index in [9.17, 15) is 24.6 Å². The van der Waals surface area contributed by atoms with Crippen LogP contribution in [0.3, 0.4) is 0 Å². The maximum Gasteiger partial charge on any atom is 0.320 e. The third-order valence-corrected chi connectivity index (χ3v) is 12.6. The smallest absolute Gasteiger partial charge is 0.320 e. The molecule has 55 heavy (non-hydrogen) atoms. The highest BCUT2D eigenvalue weighted by Crippen LogP contribution is 2.44. The third kappa shape index (κ3) is 8.29. The molecule has 0 radical (unpaired) electrons. The summed E-state index contributed by atoms with van der Waals surface area (Å²) in [4.78, 5) is 50.7. The zero-order valence-electron chi connectivity index (χ0n) is 32.0. The van der Waals surface area contributed by atoms with Crippen LogP contribution in [0.4, 0.5) is 5.69 Å². The number of carboxylic acid groups (broad SMARTS) is 1. The molecule has 2 aromatic carbocycles. The van der Waals surface area contributed by atoms with E-state index < -0.39 is 12.0 Å². The normalized spacial score (nSPS) is 21.2. The first-order chi connectivity index (χ1) is 26.6. The summed E-state index contributed by atoms with van der Waals surface area (Å²) in [5.74, 6) is 0.430. The summed E-state index contributed by atoms with van der Waals surface area (Å²) in [6, 6.07) is 15.4. The van der Waals surface area contributed by atoms with Gasteiger partial charge in [0.1, 0.15) is 17.4 Å². The molecule has 3 aliphatic carbocycles. The molecule has 4 fully saturated rings. The summed E-state index contributed by atoms with van der Waals surface area (Å²) < 4.78 is 0. The Balaban J connectivity index is 0.968. The van der Waals surface area contributed by atoms with Gasteiger partial charge in [-0.1, -0.05) is 36.8 Å². The number of aryl methyl sites for hydroxylation is 1. The summed E-state index contributed by atoms with van der Waals surface area (Å²) in [6.45, 7) is 5.36. The second-order valence-electron chi connectivity index (χ2n) is 16.6. The number of benzene rings is 2. The second-order valence-corrected chi connectivity index (χ2v) is 16.6. The standard InChI is InChI=1S/C46H52N4O5/c1-27-32(21-44(52)41-22-39(31-16-17-31)34(25-47-41)26-50-18-4-3-11-43(50)46(54)55)7-5-8-36(27)37-9-6-10-40(28(37)2)49-45(53)42-23-38(30-14-15-30)33(24-48-42)13-12-29-19-35(51)20-29/h5-10,22-25,29-31,35,43,51H,3-4,11-21,26H2,1-2H3,(H,49,53)(H,54,55)/t29?,35?,43-/m0/s1. The van der Waals surface area contributed by atoms with E-state index in [1.807, 2.05) is 56.4 Å². The maximum atomic E-state index is 13.8. The molecule has 0 bridgehead atoms. The fraction of sp³-hybridized carbons (Fsp3) is 0.457. The molecule has 0 spiro atoms. The molecule has 9 nitrogen and oxygen atoms in total. The number of nitrogens with one attached hydrogen (secondary N) is 1. The van der Waals surface area contributed by atoms with Crippen molar-refractivity contribution in [3.63, 3.8) is 0 Å². The van der Waals surface area contributed by atoms with Crippen LogP contribution in [-0.2, 0) is 24.2 Å². The molecule has 4 aliphatic rings. The lowest BCUT2D eigenvalue weighted by atomic mass is 9.78. The van der Waals surface area contributed by atoms with Crippen molar-refractivity contribution in [2.24, 2.45) is 5.92 Å². The summed E-state index contributed by atoms with van der Waals surface area (Å²) >= 11 is 0. The van der Waals surface area contributed by atoms with Gasteiger partial charge in [-0.2, -0.15) is 0 Å². The molecule has 0 unspecified atom stereocenters. The van der Waals surface area contributed by atoms with Gasteiger partial charge in [0.05, 0.1) is 6.10 Å². The van der Waals surface area contributed by atoms with E-state index in [0.29, 0.717) is 42.1 Å². The Bertz CT molecular complexity index is 2120. The molecule has 286 valence electrons. The Kier molecular flexibility index (Phi) is 10.7. The second kappa shape index (κ2) is 15.8. The topological polar surface area (TPSA) is 133 Å². The van der Waals surface area contributed by atoms with Crippen molar-refractivity contribution < 1.29 is 24.6 Å². The molecule has 8 rings (SSSR count). The monoisotopic (exact) mass is 740 g/mol. The number of hydrogen-bond donors (Lipinski definition) is 3. The van der Waals surface area contributed by atoms with Crippen LogP contribution in [0, 0.1) is 19.8 Å². The molecule has 2 aromatic heterocycles. The van der Waals surface area contributed by atoms with E-state index in [1.54, 1.807) is 6.20 Å². The average Bonchev–Trinajstić information content (AvgIpc) is 4.10. The first-order valence-electron chi connectivity index (χ1n) is 20.3. The van der Waals surface area contributed by atoms with Gasteiger partial charge < -0.3 is 15.5 Å². The fourth-order valence-electron chi connectivity index (χ4n) is 8.82. The molecule has 3 saturated carbocycles. The number of aromatic nitrogens is 2. The van der Waals surface area contributed by atoms with Crippen LogP contribution >= 0.6 is 0 Å². The average molecular weight is 741 g/mol. The lowest BCUT2D eigenvalue weighted by molar-refractivity contribution is -0.144. The third-order valence-electron chi connectivity index (χ3n) is 12.6. The predicted octanol–water partition coefficient (Wildman–Crippen LogP) is 8.34. The molecule has 3 N–H and O–H groups in total. The van der Waals surface area contributed by atoms with Crippen LogP contribution in [0.15, 0.2) is 60.9 Å². The number of rotatable bonds is 14. The van der Waals surface area contributed by atoms with Crippen molar-refractivity contribution in [1.82, 2.24) is 14.9 Å². The summed E-state index contributed by atoms with van der Waals surface area (Å²) in [5.41, 5.74) is 11.1. The van der Waals surface area contributed by atoms with Gasteiger partial charge >= 0.3 is 5.97 Å². The number of Topliss-reactive ketones (excluding diaryl/α,β-unsaturated/α-hetero) is 1. The molecular formula is C46H52N4O5. The number of anilines is 1. The first-order valence-corrected chi connectivity index (χ1v) is 20.3. The number of nitrogens with zero attached hydrogens (tertiary/aromatic N) is 3. The number of hydrogen-bond acceptors (Lipinski definition) is 7.